The maximum Gasteiger partial charge on any atom is 0.231 e. The molecule has 4 rings (SSSR count). The van der Waals surface area contributed by atoms with Crippen molar-refractivity contribution in [3.8, 4) is 11.5 Å². The first kappa shape index (κ1) is 13.9. The predicted octanol–water partition coefficient (Wildman–Crippen LogP) is 4.82. The predicted molar refractivity (Wildman–Crippen MR) is 90.0 cm³/mol. The first-order chi connectivity index (χ1) is 11.1. The first-order valence-electron chi connectivity index (χ1n) is 7.08. The highest BCUT2D eigenvalue weighted by molar-refractivity contribution is 6.32. The van der Waals surface area contributed by atoms with Crippen LogP contribution >= 0.6 is 11.6 Å². The number of hydrogen-bond acceptors (Lipinski definition) is 3. The molecule has 3 aromatic carbocycles. The third-order valence-corrected chi connectivity index (χ3v) is 4.13. The van der Waals surface area contributed by atoms with Gasteiger partial charge in [0.25, 0.3) is 0 Å². The van der Waals surface area contributed by atoms with Crippen LogP contribution in [0, 0.1) is 0 Å². The molecule has 1 aliphatic heterocycles. The third kappa shape index (κ3) is 2.26. The highest BCUT2D eigenvalue weighted by Crippen LogP contribution is 2.38. The fourth-order valence-corrected chi connectivity index (χ4v) is 2.87. The van der Waals surface area contributed by atoms with Crippen LogP contribution in [-0.2, 0) is 0 Å². The number of carbonyl (C=O) groups is 1. The van der Waals surface area contributed by atoms with Crippen molar-refractivity contribution >= 4 is 34.2 Å². The summed E-state index contributed by atoms with van der Waals surface area (Å²) in [4.78, 5) is 12.5. The lowest BCUT2D eigenvalue weighted by Crippen LogP contribution is -1.97. The van der Waals surface area contributed by atoms with Crippen LogP contribution in [0.4, 0.5) is 0 Å². The number of carbonyl (C=O) groups excluding carboxylic acids is 1. The molecule has 1 N–H and O–H groups in total. The largest absolute Gasteiger partial charge is 0.506 e. The second kappa shape index (κ2) is 5.14. The minimum Gasteiger partial charge on any atom is -0.506 e. The first-order valence-corrected chi connectivity index (χ1v) is 7.46. The van der Waals surface area contributed by atoms with E-state index in [1.807, 2.05) is 30.3 Å². The Morgan fingerprint density at radius 1 is 1.04 bits per heavy atom. The van der Waals surface area contributed by atoms with Crippen molar-refractivity contribution in [1.29, 1.82) is 0 Å². The zero-order chi connectivity index (χ0) is 16.0. The van der Waals surface area contributed by atoms with E-state index in [0.29, 0.717) is 16.9 Å². The summed E-state index contributed by atoms with van der Waals surface area (Å²) >= 11 is 5.90. The van der Waals surface area contributed by atoms with E-state index in [9.17, 15) is 9.90 Å². The molecule has 4 heteroatoms. The van der Waals surface area contributed by atoms with E-state index in [1.54, 1.807) is 24.3 Å². The lowest BCUT2D eigenvalue weighted by atomic mass is 10.0. The van der Waals surface area contributed by atoms with Gasteiger partial charge in [-0.2, -0.15) is 0 Å². The Kier molecular flexibility index (Phi) is 3.10. The van der Waals surface area contributed by atoms with Gasteiger partial charge < -0.3 is 9.84 Å². The molecule has 0 bridgehead atoms. The van der Waals surface area contributed by atoms with Crippen LogP contribution in [-0.4, -0.2) is 10.9 Å². The van der Waals surface area contributed by atoms with Crippen LogP contribution in [0.5, 0.6) is 11.5 Å². The van der Waals surface area contributed by atoms with Gasteiger partial charge in [-0.1, -0.05) is 48.0 Å². The molecular weight excluding hydrogens is 312 g/mol. The summed E-state index contributed by atoms with van der Waals surface area (Å²) in [7, 11) is 0. The number of halogens is 1. The maximum atomic E-state index is 12.5. The van der Waals surface area contributed by atoms with Gasteiger partial charge in [0.05, 0.1) is 10.6 Å². The Bertz CT molecular complexity index is 989. The van der Waals surface area contributed by atoms with Gasteiger partial charge in [0.15, 0.2) is 5.76 Å². The van der Waals surface area contributed by atoms with Gasteiger partial charge >= 0.3 is 0 Å². The van der Waals surface area contributed by atoms with Gasteiger partial charge in [-0.15, -0.1) is 0 Å². The number of allylic oxidation sites excluding steroid dienone is 1. The number of ether oxygens (including phenoxy) is 1. The van der Waals surface area contributed by atoms with E-state index in [-0.39, 0.29) is 22.3 Å². The molecule has 0 amide bonds. The van der Waals surface area contributed by atoms with E-state index in [0.717, 1.165) is 10.8 Å². The molecule has 0 radical (unpaired) electrons. The molecule has 0 aliphatic carbocycles. The second-order valence-corrected chi connectivity index (χ2v) is 5.72. The zero-order valence-electron chi connectivity index (χ0n) is 11.9. The van der Waals surface area contributed by atoms with E-state index < -0.39 is 0 Å². The van der Waals surface area contributed by atoms with Crippen molar-refractivity contribution in [3.63, 3.8) is 0 Å². The quantitative estimate of drug-likeness (QED) is 0.654. The lowest BCUT2D eigenvalue weighted by molar-refractivity contribution is 0.101. The Labute approximate surface area is 137 Å². The zero-order valence-corrected chi connectivity index (χ0v) is 12.7. The van der Waals surface area contributed by atoms with Gasteiger partial charge in [-0.05, 0) is 35.2 Å². The molecule has 1 heterocycles. The van der Waals surface area contributed by atoms with E-state index in [2.05, 4.69) is 0 Å². The standard InChI is InChI=1S/C19H11ClO3/c20-15-9-11(5-8-16(15)21)10-17-18(22)14-7-6-12-3-1-2-4-13(12)19(14)23-17/h1-10,21H. The topological polar surface area (TPSA) is 46.5 Å². The summed E-state index contributed by atoms with van der Waals surface area (Å²) in [6.07, 6.45) is 1.63. The van der Waals surface area contributed by atoms with Gasteiger partial charge in [-0.25, -0.2) is 0 Å². The molecule has 0 spiro atoms. The molecular formula is C19H11ClO3. The summed E-state index contributed by atoms with van der Waals surface area (Å²) in [5, 5.41) is 11.6. The highest BCUT2D eigenvalue weighted by Gasteiger charge is 2.28. The van der Waals surface area contributed by atoms with Crippen molar-refractivity contribution < 1.29 is 14.6 Å². The van der Waals surface area contributed by atoms with Crippen LogP contribution in [0.3, 0.4) is 0 Å². The Morgan fingerprint density at radius 2 is 1.87 bits per heavy atom. The summed E-state index contributed by atoms with van der Waals surface area (Å²) in [5.74, 6) is 0.680. The SMILES string of the molecule is O=C1C(=Cc2ccc(O)c(Cl)c2)Oc2c1ccc1ccccc21. The van der Waals surface area contributed by atoms with Gasteiger partial charge in [0.1, 0.15) is 11.5 Å². The molecule has 1 aliphatic rings. The Balaban J connectivity index is 1.81. The minimum absolute atomic E-state index is 0.00163. The number of hydrogen-bond donors (Lipinski definition) is 1. The van der Waals surface area contributed by atoms with E-state index >= 15 is 0 Å². The fourth-order valence-electron chi connectivity index (χ4n) is 2.68. The number of fused-ring (bicyclic) bond motifs is 3. The number of phenols is 1. The minimum atomic E-state index is -0.157. The number of benzene rings is 3. The lowest BCUT2D eigenvalue weighted by Gasteiger charge is -2.03. The number of phenolic OH excluding ortho intramolecular Hbond substituents is 1. The molecule has 0 fully saturated rings. The fraction of sp³-hybridized carbons (Fsp3) is 0. The molecule has 0 saturated carbocycles. The van der Waals surface area contributed by atoms with Crippen LogP contribution in [0.25, 0.3) is 16.8 Å². The van der Waals surface area contributed by atoms with Crippen LogP contribution in [0.15, 0.2) is 60.4 Å². The number of rotatable bonds is 1. The molecule has 23 heavy (non-hydrogen) atoms. The normalized spacial score (nSPS) is 15.0. The van der Waals surface area contributed by atoms with Crippen LogP contribution in [0.1, 0.15) is 15.9 Å². The van der Waals surface area contributed by atoms with Crippen LogP contribution in [0.2, 0.25) is 5.02 Å². The molecule has 112 valence electrons. The van der Waals surface area contributed by atoms with Crippen molar-refractivity contribution in [1.82, 2.24) is 0 Å². The van der Waals surface area contributed by atoms with Crippen molar-refractivity contribution in [3.05, 3.63) is 76.5 Å². The van der Waals surface area contributed by atoms with E-state index in [4.69, 9.17) is 16.3 Å². The molecule has 3 nitrogen and oxygen atoms in total. The Hall–Kier alpha value is -2.78. The van der Waals surface area contributed by atoms with Crippen LogP contribution < -0.4 is 4.74 Å². The second-order valence-electron chi connectivity index (χ2n) is 5.31. The van der Waals surface area contributed by atoms with Crippen molar-refractivity contribution in [2.24, 2.45) is 0 Å². The van der Waals surface area contributed by atoms with Gasteiger partial charge in [0, 0.05) is 5.39 Å². The monoisotopic (exact) mass is 322 g/mol. The summed E-state index contributed by atoms with van der Waals surface area (Å²) in [6, 6.07) is 16.2. The summed E-state index contributed by atoms with van der Waals surface area (Å²) in [5.41, 5.74) is 1.24. The Morgan fingerprint density at radius 3 is 2.70 bits per heavy atom. The average molecular weight is 323 g/mol. The smallest absolute Gasteiger partial charge is 0.231 e. The highest BCUT2D eigenvalue weighted by atomic mass is 35.5. The molecule has 0 unspecified atom stereocenters. The molecule has 3 aromatic rings. The summed E-state index contributed by atoms with van der Waals surface area (Å²) < 4.78 is 5.81. The number of Topliss-reactive ketones (excluding diaryl/α,β-unsaturated/α-hetero) is 1. The maximum absolute atomic E-state index is 12.5. The number of aromatic hydroxyl groups is 1. The van der Waals surface area contributed by atoms with Crippen molar-refractivity contribution in [2.75, 3.05) is 0 Å². The third-order valence-electron chi connectivity index (χ3n) is 3.83. The van der Waals surface area contributed by atoms with Crippen molar-refractivity contribution in [2.45, 2.75) is 0 Å². The molecule has 0 aromatic heterocycles. The average Bonchev–Trinajstić information content (AvgIpc) is 2.88. The summed E-state index contributed by atoms with van der Waals surface area (Å²) in [6.45, 7) is 0. The molecule has 0 atom stereocenters. The van der Waals surface area contributed by atoms with Gasteiger partial charge in [0.2, 0.25) is 5.78 Å². The molecule has 0 saturated heterocycles. The number of ketones is 1. The van der Waals surface area contributed by atoms with E-state index in [1.165, 1.54) is 6.07 Å². The van der Waals surface area contributed by atoms with Gasteiger partial charge in [-0.3, -0.25) is 4.79 Å².